The number of methoxy groups -OCH3 is 1. The van der Waals surface area contributed by atoms with E-state index < -0.39 is 29.7 Å². The number of aliphatic hydroxyl groups excluding tert-OH is 1. The summed E-state index contributed by atoms with van der Waals surface area (Å²) < 4.78 is 16.9. The van der Waals surface area contributed by atoms with Crippen molar-refractivity contribution in [3.63, 3.8) is 0 Å². The molecule has 0 unspecified atom stereocenters. The summed E-state index contributed by atoms with van der Waals surface area (Å²) in [7, 11) is 1.57. The third kappa shape index (κ3) is 2.56. The van der Waals surface area contributed by atoms with Crippen molar-refractivity contribution in [2.45, 2.75) is 69.2 Å². The molecule has 2 rings (SSSR count). The highest BCUT2D eigenvalue weighted by molar-refractivity contribution is 5.00. The zero-order valence-corrected chi connectivity index (χ0v) is 11.4. The molecule has 0 aromatic rings. The zero-order valence-electron chi connectivity index (χ0n) is 11.4. The van der Waals surface area contributed by atoms with Crippen molar-refractivity contribution in [3.05, 3.63) is 0 Å². The fourth-order valence-corrected chi connectivity index (χ4v) is 3.19. The first-order valence-electron chi connectivity index (χ1n) is 6.63. The molecule has 5 heteroatoms. The standard InChI is InChI=1S/C13H24O5/c1-12(2)17-9(8-14)10(18-12)11(16-3)13(15)6-4-5-7-13/h9-11,14-15H,4-8H2,1-3H3/t9-,10-,11+/m0/s1. The third-order valence-electron chi connectivity index (χ3n) is 3.95. The molecule has 2 N–H and O–H groups in total. The van der Waals surface area contributed by atoms with Crippen LogP contribution in [-0.4, -0.2) is 53.6 Å². The van der Waals surface area contributed by atoms with Crippen LogP contribution in [0.25, 0.3) is 0 Å². The van der Waals surface area contributed by atoms with Gasteiger partial charge >= 0.3 is 0 Å². The van der Waals surface area contributed by atoms with Gasteiger partial charge in [0.05, 0.1) is 12.2 Å². The van der Waals surface area contributed by atoms with E-state index in [2.05, 4.69) is 0 Å². The predicted molar refractivity (Wildman–Crippen MR) is 65.1 cm³/mol. The zero-order chi connectivity index (χ0) is 13.4. The molecule has 2 aliphatic rings. The molecule has 18 heavy (non-hydrogen) atoms. The average molecular weight is 260 g/mol. The van der Waals surface area contributed by atoms with Crippen LogP contribution < -0.4 is 0 Å². The van der Waals surface area contributed by atoms with Crippen LogP contribution in [0.5, 0.6) is 0 Å². The molecule has 0 aromatic carbocycles. The Morgan fingerprint density at radius 1 is 1.28 bits per heavy atom. The van der Waals surface area contributed by atoms with Crippen LogP contribution in [-0.2, 0) is 14.2 Å². The van der Waals surface area contributed by atoms with Crippen LogP contribution in [0.15, 0.2) is 0 Å². The highest BCUT2D eigenvalue weighted by Gasteiger charge is 2.52. The Morgan fingerprint density at radius 3 is 2.39 bits per heavy atom. The van der Waals surface area contributed by atoms with E-state index in [0.717, 1.165) is 12.8 Å². The van der Waals surface area contributed by atoms with E-state index in [4.69, 9.17) is 14.2 Å². The molecular formula is C13H24O5. The van der Waals surface area contributed by atoms with Crippen LogP contribution in [0.1, 0.15) is 39.5 Å². The van der Waals surface area contributed by atoms with Gasteiger partial charge in [0.15, 0.2) is 5.79 Å². The van der Waals surface area contributed by atoms with Crippen LogP contribution in [0.4, 0.5) is 0 Å². The quantitative estimate of drug-likeness (QED) is 0.783. The smallest absolute Gasteiger partial charge is 0.164 e. The van der Waals surface area contributed by atoms with E-state index in [9.17, 15) is 10.2 Å². The van der Waals surface area contributed by atoms with Crippen LogP contribution >= 0.6 is 0 Å². The molecule has 1 aliphatic carbocycles. The monoisotopic (exact) mass is 260 g/mol. The molecule has 0 amide bonds. The van der Waals surface area contributed by atoms with Gasteiger partial charge in [0.25, 0.3) is 0 Å². The minimum absolute atomic E-state index is 0.135. The van der Waals surface area contributed by atoms with Gasteiger partial charge in [0.1, 0.15) is 18.3 Å². The summed E-state index contributed by atoms with van der Waals surface area (Å²) in [5.74, 6) is -0.746. The summed E-state index contributed by atoms with van der Waals surface area (Å²) in [4.78, 5) is 0. The SMILES string of the molecule is CO[C@H]([C@H]1OC(C)(C)O[C@H]1CO)C1(O)CCCC1. The minimum atomic E-state index is -0.864. The van der Waals surface area contributed by atoms with Gasteiger partial charge in [-0.15, -0.1) is 0 Å². The van der Waals surface area contributed by atoms with Gasteiger partial charge in [-0.05, 0) is 26.7 Å². The molecule has 3 atom stereocenters. The molecule has 0 aromatic heterocycles. The Balaban J connectivity index is 2.16. The maximum Gasteiger partial charge on any atom is 0.164 e. The van der Waals surface area contributed by atoms with Gasteiger partial charge in [-0.2, -0.15) is 0 Å². The van der Waals surface area contributed by atoms with Crippen LogP contribution in [0.3, 0.4) is 0 Å². The molecule has 1 aliphatic heterocycles. The maximum absolute atomic E-state index is 10.7. The van der Waals surface area contributed by atoms with E-state index in [1.165, 1.54) is 0 Å². The second-order valence-electron chi connectivity index (χ2n) is 5.79. The van der Waals surface area contributed by atoms with Crippen molar-refractivity contribution in [1.29, 1.82) is 0 Å². The molecular weight excluding hydrogens is 236 g/mol. The fourth-order valence-electron chi connectivity index (χ4n) is 3.19. The maximum atomic E-state index is 10.7. The van der Waals surface area contributed by atoms with E-state index in [0.29, 0.717) is 12.8 Å². The van der Waals surface area contributed by atoms with E-state index in [1.54, 1.807) is 21.0 Å². The van der Waals surface area contributed by atoms with Gasteiger partial charge < -0.3 is 24.4 Å². The van der Waals surface area contributed by atoms with Crippen molar-refractivity contribution < 1.29 is 24.4 Å². The number of hydrogen-bond donors (Lipinski definition) is 2. The normalized spacial score (nSPS) is 35.8. The number of aliphatic hydroxyl groups is 2. The van der Waals surface area contributed by atoms with Gasteiger partial charge in [-0.1, -0.05) is 12.8 Å². The first-order chi connectivity index (χ1) is 8.42. The lowest BCUT2D eigenvalue weighted by molar-refractivity contribution is -0.183. The molecule has 5 nitrogen and oxygen atoms in total. The number of rotatable bonds is 4. The Hall–Kier alpha value is -0.200. The first-order valence-corrected chi connectivity index (χ1v) is 6.63. The minimum Gasteiger partial charge on any atom is -0.394 e. The lowest BCUT2D eigenvalue weighted by Gasteiger charge is -2.36. The highest BCUT2D eigenvalue weighted by atomic mass is 16.8. The second-order valence-corrected chi connectivity index (χ2v) is 5.79. The number of ether oxygens (including phenoxy) is 3. The Morgan fingerprint density at radius 2 is 1.89 bits per heavy atom. The van der Waals surface area contributed by atoms with E-state index >= 15 is 0 Å². The molecule has 0 radical (unpaired) electrons. The molecule has 1 saturated carbocycles. The summed E-state index contributed by atoms with van der Waals surface area (Å²) >= 11 is 0. The number of hydrogen-bond acceptors (Lipinski definition) is 5. The Kier molecular flexibility index (Phi) is 3.99. The average Bonchev–Trinajstić information content (AvgIpc) is 2.84. The first kappa shape index (κ1) is 14.2. The van der Waals surface area contributed by atoms with Gasteiger partial charge in [-0.25, -0.2) is 0 Å². The van der Waals surface area contributed by atoms with Crippen molar-refractivity contribution in [3.8, 4) is 0 Å². The predicted octanol–water partition coefficient (Wildman–Crippen LogP) is 0.819. The largest absolute Gasteiger partial charge is 0.394 e. The van der Waals surface area contributed by atoms with Crippen LogP contribution in [0.2, 0.25) is 0 Å². The summed E-state index contributed by atoms with van der Waals surface area (Å²) in [6.45, 7) is 3.48. The van der Waals surface area contributed by atoms with Crippen molar-refractivity contribution in [2.24, 2.45) is 0 Å². The van der Waals surface area contributed by atoms with Crippen molar-refractivity contribution >= 4 is 0 Å². The molecule has 2 fully saturated rings. The second kappa shape index (κ2) is 5.06. The molecule has 106 valence electrons. The third-order valence-corrected chi connectivity index (χ3v) is 3.95. The van der Waals surface area contributed by atoms with Crippen LogP contribution in [0, 0.1) is 0 Å². The van der Waals surface area contributed by atoms with Crippen molar-refractivity contribution in [2.75, 3.05) is 13.7 Å². The van der Waals surface area contributed by atoms with Gasteiger partial charge in [0, 0.05) is 7.11 Å². The summed E-state index contributed by atoms with van der Waals surface area (Å²) in [6, 6.07) is 0. The van der Waals surface area contributed by atoms with Gasteiger partial charge in [0.2, 0.25) is 0 Å². The lowest BCUT2D eigenvalue weighted by atomic mass is 9.88. The molecule has 0 spiro atoms. The van der Waals surface area contributed by atoms with E-state index in [-0.39, 0.29) is 6.61 Å². The Labute approximate surface area is 108 Å². The van der Waals surface area contributed by atoms with Crippen molar-refractivity contribution in [1.82, 2.24) is 0 Å². The fraction of sp³-hybridized carbons (Fsp3) is 1.00. The van der Waals surface area contributed by atoms with E-state index in [1.807, 2.05) is 0 Å². The molecule has 1 heterocycles. The van der Waals surface area contributed by atoms with Gasteiger partial charge in [-0.3, -0.25) is 0 Å². The summed E-state index contributed by atoms with van der Waals surface area (Å²) in [6.07, 6.45) is 2.08. The lowest BCUT2D eigenvalue weighted by Crippen LogP contribution is -2.52. The molecule has 0 bridgehead atoms. The topological polar surface area (TPSA) is 68.2 Å². The highest BCUT2D eigenvalue weighted by Crippen LogP contribution is 2.40. The Bertz CT molecular complexity index is 285. The molecule has 1 saturated heterocycles. The summed E-state index contributed by atoms with van der Waals surface area (Å²) in [5.41, 5.74) is -0.864. The summed E-state index contributed by atoms with van der Waals surface area (Å²) in [5, 5.41) is 20.1.